The number of aryl methyl sites for hydroxylation is 1. The van der Waals surface area contributed by atoms with Gasteiger partial charge in [0.1, 0.15) is 17.2 Å². The van der Waals surface area contributed by atoms with Gasteiger partial charge in [0.2, 0.25) is 0 Å². The van der Waals surface area contributed by atoms with E-state index >= 15 is 0 Å². The molecule has 1 atom stereocenters. The molecular formula is C13H19N3O3. The first-order chi connectivity index (χ1) is 8.97. The van der Waals surface area contributed by atoms with Crippen molar-refractivity contribution in [1.82, 2.24) is 9.97 Å². The summed E-state index contributed by atoms with van der Waals surface area (Å²) in [5.74, 6) is 0.179. The number of nitrogens with zero attached hydrogens (tertiary/aromatic N) is 2. The van der Waals surface area contributed by atoms with E-state index in [9.17, 15) is 14.7 Å². The maximum Gasteiger partial charge on any atom is 0.329 e. The molecular weight excluding hydrogens is 246 g/mol. The molecule has 6 nitrogen and oxygen atoms in total. The van der Waals surface area contributed by atoms with Crippen molar-refractivity contribution in [2.75, 3.05) is 11.4 Å². The number of anilines is 1. The van der Waals surface area contributed by atoms with Gasteiger partial charge in [0.25, 0.3) is 5.56 Å². The number of aromatic amines is 1. The number of rotatable bonds is 3. The van der Waals surface area contributed by atoms with E-state index in [4.69, 9.17) is 0 Å². The van der Waals surface area contributed by atoms with Gasteiger partial charge < -0.3 is 15.0 Å². The molecule has 1 aromatic heterocycles. The largest absolute Gasteiger partial charge is 0.480 e. The van der Waals surface area contributed by atoms with Crippen LogP contribution in [0.2, 0.25) is 0 Å². The number of H-pyrrole nitrogens is 1. The highest BCUT2D eigenvalue weighted by atomic mass is 16.4. The average molecular weight is 265 g/mol. The molecule has 0 saturated carbocycles. The van der Waals surface area contributed by atoms with Gasteiger partial charge in [0.15, 0.2) is 0 Å². The summed E-state index contributed by atoms with van der Waals surface area (Å²) in [6.07, 6.45) is 2.97. The van der Waals surface area contributed by atoms with Crippen molar-refractivity contribution < 1.29 is 9.90 Å². The van der Waals surface area contributed by atoms with Crippen LogP contribution in [0.15, 0.2) is 10.9 Å². The second kappa shape index (κ2) is 5.03. The van der Waals surface area contributed by atoms with E-state index in [1.807, 2.05) is 6.92 Å². The highest BCUT2D eigenvalue weighted by Crippen LogP contribution is 2.31. The van der Waals surface area contributed by atoms with Gasteiger partial charge in [-0.15, -0.1) is 0 Å². The van der Waals surface area contributed by atoms with Gasteiger partial charge in [0, 0.05) is 19.0 Å². The van der Waals surface area contributed by atoms with Crippen LogP contribution < -0.4 is 10.5 Å². The average Bonchev–Trinajstić information content (AvgIpc) is 2.38. The van der Waals surface area contributed by atoms with E-state index in [0.717, 1.165) is 12.8 Å². The molecule has 2 rings (SSSR count). The summed E-state index contributed by atoms with van der Waals surface area (Å²) in [4.78, 5) is 31.9. The van der Waals surface area contributed by atoms with Gasteiger partial charge in [-0.05, 0) is 26.2 Å². The predicted octanol–water partition coefficient (Wildman–Crippen LogP) is 1.17. The Bertz CT molecular complexity index is 540. The number of nitrogens with one attached hydrogen (secondary N) is 1. The standard InChI is InChI=1S/C13H19N3O3/c1-3-9-14-10(8-11(17)15-9)16-7-5-4-6-13(16,2)12(18)19/h8H,3-7H2,1-2H3,(H,18,19)(H,14,15,17). The van der Waals surface area contributed by atoms with Crippen molar-refractivity contribution in [2.24, 2.45) is 0 Å². The number of hydrogen-bond donors (Lipinski definition) is 2. The molecule has 0 radical (unpaired) electrons. The molecule has 2 heterocycles. The van der Waals surface area contributed by atoms with E-state index in [2.05, 4.69) is 9.97 Å². The lowest BCUT2D eigenvalue weighted by Crippen LogP contribution is -2.56. The molecule has 0 spiro atoms. The van der Waals surface area contributed by atoms with Gasteiger partial charge >= 0.3 is 5.97 Å². The minimum atomic E-state index is -0.982. The van der Waals surface area contributed by atoms with E-state index < -0.39 is 11.5 Å². The molecule has 0 amide bonds. The summed E-state index contributed by atoms with van der Waals surface area (Å²) in [6, 6.07) is 1.38. The lowest BCUT2D eigenvalue weighted by molar-refractivity contribution is -0.143. The second-order valence-corrected chi connectivity index (χ2v) is 5.09. The summed E-state index contributed by atoms with van der Waals surface area (Å²) in [7, 11) is 0. The van der Waals surface area contributed by atoms with Gasteiger partial charge in [-0.1, -0.05) is 6.92 Å². The fourth-order valence-corrected chi connectivity index (χ4v) is 2.51. The molecule has 1 aromatic rings. The Morgan fingerprint density at radius 1 is 1.58 bits per heavy atom. The first-order valence-corrected chi connectivity index (χ1v) is 6.58. The molecule has 6 heteroatoms. The van der Waals surface area contributed by atoms with Crippen molar-refractivity contribution >= 4 is 11.8 Å². The van der Waals surface area contributed by atoms with E-state index in [1.54, 1.807) is 11.8 Å². The monoisotopic (exact) mass is 265 g/mol. The molecule has 1 fully saturated rings. The van der Waals surface area contributed by atoms with E-state index in [0.29, 0.717) is 31.0 Å². The predicted molar refractivity (Wildman–Crippen MR) is 71.5 cm³/mol. The first-order valence-electron chi connectivity index (χ1n) is 6.58. The fraction of sp³-hybridized carbons (Fsp3) is 0.615. The molecule has 2 N–H and O–H groups in total. The van der Waals surface area contributed by atoms with Gasteiger partial charge in [-0.3, -0.25) is 4.79 Å². The summed E-state index contributed by atoms with van der Waals surface area (Å²) in [5, 5.41) is 9.47. The van der Waals surface area contributed by atoms with Crippen molar-refractivity contribution in [3.05, 3.63) is 22.2 Å². The molecule has 0 aliphatic carbocycles. The fourth-order valence-electron chi connectivity index (χ4n) is 2.51. The normalized spacial score (nSPS) is 23.4. The number of piperidine rings is 1. The lowest BCUT2D eigenvalue weighted by atomic mass is 9.88. The zero-order valence-electron chi connectivity index (χ0n) is 11.3. The Morgan fingerprint density at radius 2 is 2.32 bits per heavy atom. The molecule has 1 aliphatic rings. The lowest BCUT2D eigenvalue weighted by Gasteiger charge is -2.42. The zero-order chi connectivity index (χ0) is 14.0. The zero-order valence-corrected chi connectivity index (χ0v) is 11.3. The first kappa shape index (κ1) is 13.6. The van der Waals surface area contributed by atoms with Crippen molar-refractivity contribution in [2.45, 2.75) is 45.1 Å². The molecule has 1 aliphatic heterocycles. The number of carboxylic acid groups (broad SMARTS) is 1. The summed E-state index contributed by atoms with van der Waals surface area (Å²) < 4.78 is 0. The topological polar surface area (TPSA) is 86.3 Å². The number of carboxylic acids is 1. The van der Waals surface area contributed by atoms with Crippen LogP contribution in [0, 0.1) is 0 Å². The maximum atomic E-state index is 11.6. The summed E-state index contributed by atoms with van der Waals surface area (Å²) in [6.45, 7) is 4.21. The Labute approximate surface area is 111 Å². The number of aromatic nitrogens is 2. The third-order valence-corrected chi connectivity index (χ3v) is 3.74. The van der Waals surface area contributed by atoms with Crippen molar-refractivity contribution in [3.8, 4) is 0 Å². The van der Waals surface area contributed by atoms with Crippen LogP contribution in [0.5, 0.6) is 0 Å². The summed E-state index contributed by atoms with van der Waals surface area (Å²) >= 11 is 0. The Balaban J connectivity index is 2.46. The molecule has 1 unspecified atom stereocenters. The van der Waals surface area contributed by atoms with Gasteiger partial charge in [-0.25, -0.2) is 9.78 Å². The Kier molecular flexibility index (Phi) is 3.59. The van der Waals surface area contributed by atoms with Crippen LogP contribution >= 0.6 is 0 Å². The number of hydrogen-bond acceptors (Lipinski definition) is 4. The van der Waals surface area contributed by atoms with Crippen LogP contribution in [0.3, 0.4) is 0 Å². The van der Waals surface area contributed by atoms with Crippen LogP contribution in [-0.2, 0) is 11.2 Å². The Hall–Kier alpha value is -1.85. The van der Waals surface area contributed by atoms with Crippen molar-refractivity contribution in [1.29, 1.82) is 0 Å². The van der Waals surface area contributed by atoms with E-state index in [-0.39, 0.29) is 5.56 Å². The third kappa shape index (κ3) is 2.47. The molecule has 104 valence electrons. The molecule has 1 saturated heterocycles. The third-order valence-electron chi connectivity index (χ3n) is 3.74. The quantitative estimate of drug-likeness (QED) is 0.856. The van der Waals surface area contributed by atoms with Gasteiger partial charge in [-0.2, -0.15) is 0 Å². The van der Waals surface area contributed by atoms with Crippen LogP contribution in [0.4, 0.5) is 5.82 Å². The van der Waals surface area contributed by atoms with Crippen LogP contribution in [-0.4, -0.2) is 33.1 Å². The molecule has 19 heavy (non-hydrogen) atoms. The maximum absolute atomic E-state index is 11.6. The summed E-state index contributed by atoms with van der Waals surface area (Å²) in [5.41, 5.74) is -1.22. The van der Waals surface area contributed by atoms with E-state index in [1.165, 1.54) is 6.07 Å². The van der Waals surface area contributed by atoms with Gasteiger partial charge in [0.05, 0.1) is 0 Å². The molecule has 0 aromatic carbocycles. The minimum absolute atomic E-state index is 0.236. The highest BCUT2D eigenvalue weighted by Gasteiger charge is 2.42. The SMILES string of the molecule is CCc1nc(N2CCCCC2(C)C(=O)O)cc(=O)[nH]1. The number of aliphatic carboxylic acids is 1. The Morgan fingerprint density at radius 3 is 2.95 bits per heavy atom. The number of carbonyl (C=O) groups is 1. The highest BCUT2D eigenvalue weighted by molar-refractivity contribution is 5.83. The molecule has 0 bridgehead atoms. The van der Waals surface area contributed by atoms with Crippen molar-refractivity contribution in [3.63, 3.8) is 0 Å². The van der Waals surface area contributed by atoms with Crippen LogP contribution in [0.25, 0.3) is 0 Å². The minimum Gasteiger partial charge on any atom is -0.480 e. The van der Waals surface area contributed by atoms with Crippen LogP contribution in [0.1, 0.15) is 38.9 Å². The second-order valence-electron chi connectivity index (χ2n) is 5.09. The smallest absolute Gasteiger partial charge is 0.329 e.